The van der Waals surface area contributed by atoms with Crippen molar-refractivity contribution in [3.8, 4) is 0 Å². The summed E-state index contributed by atoms with van der Waals surface area (Å²) in [6.07, 6.45) is 8.21. The maximum Gasteiger partial charge on any atom is 0.256 e. The van der Waals surface area contributed by atoms with Crippen molar-refractivity contribution in [3.05, 3.63) is 86.3 Å². The quantitative estimate of drug-likeness (QED) is 0.278. The molecular formula is C36H47BrN2O6. The number of rotatable bonds is 3. The van der Waals surface area contributed by atoms with Crippen molar-refractivity contribution in [1.29, 1.82) is 0 Å². The van der Waals surface area contributed by atoms with Gasteiger partial charge in [-0.3, -0.25) is 9.59 Å². The van der Waals surface area contributed by atoms with Crippen molar-refractivity contribution in [2.45, 2.75) is 102 Å². The van der Waals surface area contributed by atoms with Crippen LogP contribution in [0.3, 0.4) is 0 Å². The topological polar surface area (TPSA) is 117 Å². The van der Waals surface area contributed by atoms with Crippen LogP contribution < -0.4 is 10.6 Å². The van der Waals surface area contributed by atoms with Crippen LogP contribution in [0.15, 0.2) is 58.5 Å². The van der Waals surface area contributed by atoms with Gasteiger partial charge in [-0.2, -0.15) is 0 Å². The van der Waals surface area contributed by atoms with Crippen molar-refractivity contribution in [2.24, 2.45) is 0 Å². The van der Waals surface area contributed by atoms with E-state index in [9.17, 15) is 19.8 Å². The second-order valence-electron chi connectivity index (χ2n) is 12.8. The fraction of sp³-hybridized carbons (Fsp3) is 0.500. The van der Waals surface area contributed by atoms with Crippen LogP contribution in [0.25, 0.3) is 5.57 Å². The van der Waals surface area contributed by atoms with E-state index in [0.29, 0.717) is 5.57 Å². The lowest BCUT2D eigenvalue weighted by Crippen LogP contribution is -2.48. The second kappa shape index (κ2) is 14.5. The van der Waals surface area contributed by atoms with Gasteiger partial charge in [0.2, 0.25) is 5.91 Å². The highest BCUT2D eigenvalue weighted by Crippen LogP contribution is 2.42. The van der Waals surface area contributed by atoms with Crippen molar-refractivity contribution in [3.63, 3.8) is 0 Å². The third-order valence-electron chi connectivity index (χ3n) is 9.62. The third-order valence-corrected chi connectivity index (χ3v) is 10.5. The number of halogens is 1. The first kappa shape index (κ1) is 34.7. The summed E-state index contributed by atoms with van der Waals surface area (Å²) in [5.74, 6) is 0.0539. The Labute approximate surface area is 275 Å². The number of aryl methyl sites for hydroxylation is 4. The SMILES string of the molecule is COC1CCC2(CC1)NC(=O)C(c1cc(C)ccc1C)=C2O.COC1CCC2(CC1)NC(=O)C=C2O.Cc1ccc(C)c(Br)c1. The summed E-state index contributed by atoms with van der Waals surface area (Å²) in [5.41, 5.74) is 4.87. The van der Waals surface area contributed by atoms with Gasteiger partial charge in [-0.25, -0.2) is 0 Å². The number of carbonyl (C=O) groups is 2. The number of carbonyl (C=O) groups excluding carboxylic acids is 2. The largest absolute Gasteiger partial charge is 0.510 e. The maximum absolute atomic E-state index is 12.5. The van der Waals surface area contributed by atoms with Crippen molar-refractivity contribution in [2.75, 3.05) is 14.2 Å². The molecule has 0 atom stereocenters. The molecule has 2 fully saturated rings. The average Bonchev–Trinajstić information content (AvgIpc) is 3.42. The van der Waals surface area contributed by atoms with Crippen molar-refractivity contribution >= 4 is 33.3 Å². The number of aliphatic hydroxyl groups excluding tert-OH is 2. The van der Waals surface area contributed by atoms with Gasteiger partial charge in [-0.05, 0) is 107 Å². The molecule has 2 amide bonds. The Kier molecular flexibility index (Phi) is 11.2. The van der Waals surface area contributed by atoms with Crippen LogP contribution in [0.2, 0.25) is 0 Å². The molecule has 8 nitrogen and oxygen atoms in total. The Morgan fingerprint density at radius 2 is 1.27 bits per heavy atom. The van der Waals surface area contributed by atoms with E-state index >= 15 is 0 Å². The highest BCUT2D eigenvalue weighted by molar-refractivity contribution is 9.10. The minimum absolute atomic E-state index is 0.165. The molecule has 2 heterocycles. The predicted molar refractivity (Wildman–Crippen MR) is 180 cm³/mol. The van der Waals surface area contributed by atoms with Gasteiger partial charge in [-0.1, -0.05) is 51.8 Å². The first-order valence-corrected chi connectivity index (χ1v) is 16.5. The maximum atomic E-state index is 12.5. The number of benzene rings is 2. The summed E-state index contributed by atoms with van der Waals surface area (Å²) in [6, 6.07) is 12.3. The van der Waals surface area contributed by atoms with Gasteiger partial charge in [0, 0.05) is 24.8 Å². The number of hydrogen-bond donors (Lipinski definition) is 4. The standard InChI is InChI=1S/C18H23NO3.C10H15NO3.C8H9Br/c1-11-4-5-12(2)14(10-11)15-16(20)18(19-17(15)21)8-6-13(22-3)7-9-18;1-14-7-2-4-10(5-3-7)8(12)6-9(13)11-10;1-6-3-4-7(2)8(9)5-6/h4-5,10,13,20H,6-9H2,1-3H3,(H,19,21);6-7,12H,2-5H2,1H3,(H,11,13);3-5H,1-2H3. The lowest BCUT2D eigenvalue weighted by molar-refractivity contribution is -0.118. The summed E-state index contributed by atoms with van der Waals surface area (Å²) < 4.78 is 11.8. The van der Waals surface area contributed by atoms with Gasteiger partial charge in [0.25, 0.3) is 5.91 Å². The fourth-order valence-corrected chi connectivity index (χ4v) is 7.11. The molecule has 6 rings (SSSR count). The van der Waals surface area contributed by atoms with E-state index in [4.69, 9.17) is 9.47 Å². The summed E-state index contributed by atoms with van der Waals surface area (Å²) in [7, 11) is 3.42. The zero-order chi connectivity index (χ0) is 32.9. The molecule has 2 aliphatic carbocycles. The molecule has 9 heteroatoms. The summed E-state index contributed by atoms with van der Waals surface area (Å²) in [5, 5.41) is 26.4. The smallest absolute Gasteiger partial charge is 0.256 e. The number of ether oxygens (including phenoxy) is 2. The molecule has 2 aliphatic heterocycles. The lowest BCUT2D eigenvalue weighted by atomic mass is 9.79. The number of amides is 2. The Bertz CT molecular complexity index is 1470. The van der Waals surface area contributed by atoms with Crippen LogP contribution in [0.1, 0.15) is 79.2 Å². The molecule has 4 N–H and O–H groups in total. The van der Waals surface area contributed by atoms with Crippen LogP contribution in [-0.4, -0.2) is 59.5 Å². The molecule has 2 spiro atoms. The number of nitrogens with one attached hydrogen (secondary N) is 2. The van der Waals surface area contributed by atoms with Gasteiger partial charge in [0.05, 0.1) is 28.9 Å². The molecular weight excluding hydrogens is 636 g/mol. The van der Waals surface area contributed by atoms with Crippen molar-refractivity contribution in [1.82, 2.24) is 10.6 Å². The lowest BCUT2D eigenvalue weighted by Gasteiger charge is -2.36. The van der Waals surface area contributed by atoms with Crippen molar-refractivity contribution < 1.29 is 29.3 Å². The van der Waals surface area contributed by atoms with Gasteiger partial charge in [-0.15, -0.1) is 0 Å². The Morgan fingerprint density at radius 1 is 0.756 bits per heavy atom. The van der Waals surface area contributed by atoms with E-state index in [1.165, 1.54) is 21.7 Å². The second-order valence-corrected chi connectivity index (χ2v) is 13.7. The highest BCUT2D eigenvalue weighted by atomic mass is 79.9. The van der Waals surface area contributed by atoms with Crippen LogP contribution in [0.4, 0.5) is 0 Å². The zero-order valence-electron chi connectivity index (χ0n) is 27.3. The van der Waals surface area contributed by atoms with Gasteiger partial charge >= 0.3 is 0 Å². The molecule has 2 aromatic carbocycles. The summed E-state index contributed by atoms with van der Waals surface area (Å²) in [4.78, 5) is 23.6. The number of hydrogen-bond acceptors (Lipinski definition) is 6. The fourth-order valence-electron chi connectivity index (χ4n) is 6.62. The first-order chi connectivity index (χ1) is 21.3. The van der Waals surface area contributed by atoms with Crippen LogP contribution >= 0.6 is 15.9 Å². The van der Waals surface area contributed by atoms with E-state index in [1.54, 1.807) is 14.2 Å². The molecule has 244 valence electrons. The molecule has 0 radical (unpaired) electrons. The summed E-state index contributed by atoms with van der Waals surface area (Å²) in [6.45, 7) is 8.13. The Hall–Kier alpha value is -3.14. The predicted octanol–water partition coefficient (Wildman–Crippen LogP) is 6.98. The minimum atomic E-state index is -0.600. The van der Waals surface area contributed by atoms with Gasteiger partial charge in [0.1, 0.15) is 11.5 Å². The molecule has 4 aliphatic rings. The average molecular weight is 684 g/mol. The first-order valence-electron chi connectivity index (χ1n) is 15.7. The molecule has 0 aromatic heterocycles. The van der Waals surface area contributed by atoms with Gasteiger partial charge < -0.3 is 30.3 Å². The van der Waals surface area contributed by atoms with Gasteiger partial charge in [0.15, 0.2) is 0 Å². The molecule has 0 unspecified atom stereocenters. The molecule has 2 aromatic rings. The highest BCUT2D eigenvalue weighted by Gasteiger charge is 2.48. The normalized spacial score (nSPS) is 27.3. The molecule has 0 saturated heterocycles. The summed E-state index contributed by atoms with van der Waals surface area (Å²) >= 11 is 3.45. The van der Waals surface area contributed by atoms with E-state index < -0.39 is 11.1 Å². The Morgan fingerprint density at radius 3 is 1.73 bits per heavy atom. The van der Waals surface area contributed by atoms with Crippen LogP contribution in [-0.2, 0) is 19.1 Å². The third kappa shape index (κ3) is 7.81. The van der Waals surface area contributed by atoms with Crippen LogP contribution in [0, 0.1) is 27.7 Å². The zero-order valence-corrected chi connectivity index (χ0v) is 28.8. The molecule has 2 saturated carbocycles. The molecule has 0 bridgehead atoms. The van der Waals surface area contributed by atoms with E-state index in [0.717, 1.165) is 68.1 Å². The Balaban J connectivity index is 0.000000171. The van der Waals surface area contributed by atoms with E-state index in [1.807, 2.05) is 32.0 Å². The minimum Gasteiger partial charge on any atom is -0.510 e. The number of methoxy groups -OCH3 is 2. The monoisotopic (exact) mass is 682 g/mol. The van der Waals surface area contributed by atoms with Crippen LogP contribution in [0.5, 0.6) is 0 Å². The van der Waals surface area contributed by atoms with E-state index in [-0.39, 0.29) is 35.5 Å². The van der Waals surface area contributed by atoms with E-state index in [2.05, 4.69) is 58.6 Å². The molecule has 45 heavy (non-hydrogen) atoms. The number of aliphatic hydroxyl groups is 2.